The van der Waals surface area contributed by atoms with E-state index < -0.39 is 10.0 Å². The Kier molecular flexibility index (Phi) is 5.99. The molecule has 6 heteroatoms. The van der Waals surface area contributed by atoms with Crippen LogP contribution in [0, 0.1) is 0 Å². The molecule has 0 unspecified atom stereocenters. The van der Waals surface area contributed by atoms with Gasteiger partial charge in [0.15, 0.2) is 0 Å². The van der Waals surface area contributed by atoms with E-state index in [2.05, 4.69) is 59.6 Å². The third-order valence-electron chi connectivity index (χ3n) is 4.90. The molecule has 2 aromatic carbocycles. The minimum atomic E-state index is -3.41. The Balaban J connectivity index is 1.65. The van der Waals surface area contributed by atoms with E-state index in [0.717, 1.165) is 35.1 Å². The van der Waals surface area contributed by atoms with Crippen LogP contribution in [0.4, 0.5) is 5.69 Å². The van der Waals surface area contributed by atoms with Crippen LogP contribution in [0.2, 0.25) is 0 Å². The second kappa shape index (κ2) is 7.94. The van der Waals surface area contributed by atoms with Crippen LogP contribution in [-0.4, -0.2) is 20.8 Å². The molecular formula is C21H27BrN2O2S. The quantitative estimate of drug-likeness (QED) is 0.724. The van der Waals surface area contributed by atoms with Gasteiger partial charge < -0.3 is 4.90 Å². The number of aryl methyl sites for hydroxylation is 1. The number of anilines is 1. The molecular weight excluding hydrogens is 424 g/mol. The van der Waals surface area contributed by atoms with Gasteiger partial charge in [-0.25, -0.2) is 13.1 Å². The van der Waals surface area contributed by atoms with Crippen molar-refractivity contribution in [2.45, 2.75) is 45.6 Å². The van der Waals surface area contributed by atoms with Crippen LogP contribution in [0.25, 0.3) is 0 Å². The fraction of sp³-hybridized carbons (Fsp3) is 0.429. The Hall–Kier alpha value is -1.37. The van der Waals surface area contributed by atoms with E-state index in [1.165, 1.54) is 11.1 Å². The molecule has 2 aromatic rings. The molecule has 0 aromatic heterocycles. The third kappa shape index (κ3) is 5.33. The van der Waals surface area contributed by atoms with Gasteiger partial charge in [0.05, 0.1) is 0 Å². The maximum Gasteiger partial charge on any atom is 0.230 e. The van der Waals surface area contributed by atoms with Gasteiger partial charge in [-0.3, -0.25) is 0 Å². The minimum Gasteiger partial charge on any atom is -0.356 e. The van der Waals surface area contributed by atoms with Gasteiger partial charge in [-0.2, -0.15) is 0 Å². The molecule has 1 aliphatic rings. The zero-order valence-corrected chi connectivity index (χ0v) is 18.5. The van der Waals surface area contributed by atoms with Crippen LogP contribution in [0.5, 0.6) is 0 Å². The number of nitrogens with zero attached hydrogens (tertiary/aromatic N) is 1. The molecule has 27 heavy (non-hydrogen) atoms. The van der Waals surface area contributed by atoms with Crippen LogP contribution in [0.3, 0.4) is 0 Å². The van der Waals surface area contributed by atoms with E-state index in [-0.39, 0.29) is 11.3 Å². The Bertz CT molecular complexity index is 903. The molecule has 0 aliphatic carbocycles. The molecule has 1 heterocycles. The number of benzene rings is 2. The molecule has 1 N–H and O–H groups in total. The molecule has 0 radical (unpaired) electrons. The van der Waals surface area contributed by atoms with E-state index in [4.69, 9.17) is 0 Å². The molecule has 4 nitrogen and oxygen atoms in total. The maximum absolute atomic E-state index is 12.6. The summed E-state index contributed by atoms with van der Waals surface area (Å²) < 4.78 is 29.0. The average Bonchev–Trinajstić information content (AvgIpc) is 2.59. The number of sulfonamides is 1. The SMILES string of the molecule is CC(C)(C)c1ccc(CNS(=O)(=O)CN2CCCc3cc(Br)ccc32)cc1. The minimum absolute atomic E-state index is 0.0122. The molecule has 1 aliphatic heterocycles. The van der Waals surface area contributed by atoms with E-state index in [1.807, 2.05) is 29.2 Å². The highest BCUT2D eigenvalue weighted by atomic mass is 79.9. The summed E-state index contributed by atoms with van der Waals surface area (Å²) in [7, 11) is -3.41. The van der Waals surface area contributed by atoms with Crippen molar-refractivity contribution >= 4 is 31.6 Å². The highest BCUT2D eigenvalue weighted by Crippen LogP contribution is 2.30. The van der Waals surface area contributed by atoms with Gasteiger partial charge in [-0.05, 0) is 53.1 Å². The summed E-state index contributed by atoms with van der Waals surface area (Å²) >= 11 is 3.49. The van der Waals surface area contributed by atoms with Crippen molar-refractivity contribution < 1.29 is 8.42 Å². The number of fused-ring (bicyclic) bond motifs is 1. The molecule has 146 valence electrons. The van der Waals surface area contributed by atoms with Crippen LogP contribution in [-0.2, 0) is 28.4 Å². The largest absolute Gasteiger partial charge is 0.356 e. The lowest BCUT2D eigenvalue weighted by Crippen LogP contribution is -2.39. The maximum atomic E-state index is 12.6. The van der Waals surface area contributed by atoms with E-state index in [0.29, 0.717) is 6.54 Å². The van der Waals surface area contributed by atoms with Gasteiger partial charge in [0.1, 0.15) is 5.88 Å². The normalized spacial score (nSPS) is 14.9. The van der Waals surface area contributed by atoms with Crippen molar-refractivity contribution in [1.82, 2.24) is 4.72 Å². The van der Waals surface area contributed by atoms with Crippen LogP contribution in [0.1, 0.15) is 43.9 Å². The molecule has 0 amide bonds. The second-order valence-corrected chi connectivity index (χ2v) is 10.8. The summed E-state index contributed by atoms with van der Waals surface area (Å²) in [6.45, 7) is 7.57. The van der Waals surface area contributed by atoms with Crippen molar-refractivity contribution in [2.75, 3.05) is 17.3 Å². The summed E-state index contributed by atoms with van der Waals surface area (Å²) in [5.41, 5.74) is 4.52. The van der Waals surface area contributed by atoms with Crippen molar-refractivity contribution in [1.29, 1.82) is 0 Å². The summed E-state index contributed by atoms with van der Waals surface area (Å²) in [5, 5.41) is 0. The first kappa shape index (κ1) is 20.4. The Morgan fingerprint density at radius 1 is 1.11 bits per heavy atom. The van der Waals surface area contributed by atoms with E-state index in [1.54, 1.807) is 0 Å². The van der Waals surface area contributed by atoms with Gasteiger partial charge in [0.25, 0.3) is 0 Å². The fourth-order valence-electron chi connectivity index (χ4n) is 3.34. The highest BCUT2D eigenvalue weighted by Gasteiger charge is 2.22. The van der Waals surface area contributed by atoms with E-state index in [9.17, 15) is 8.42 Å². The van der Waals surface area contributed by atoms with Crippen molar-refractivity contribution in [3.05, 3.63) is 63.6 Å². The van der Waals surface area contributed by atoms with Gasteiger partial charge in [-0.1, -0.05) is 61.0 Å². The summed E-state index contributed by atoms with van der Waals surface area (Å²) in [6.07, 6.45) is 1.95. The van der Waals surface area contributed by atoms with Gasteiger partial charge in [0, 0.05) is 23.2 Å². The first-order chi connectivity index (χ1) is 12.6. The topological polar surface area (TPSA) is 49.4 Å². The number of nitrogens with one attached hydrogen (secondary N) is 1. The lowest BCUT2D eigenvalue weighted by Gasteiger charge is -2.31. The summed E-state index contributed by atoms with van der Waals surface area (Å²) in [5.74, 6) is -0.0122. The van der Waals surface area contributed by atoms with Crippen LogP contribution < -0.4 is 9.62 Å². The smallest absolute Gasteiger partial charge is 0.230 e. The Labute approximate surface area is 171 Å². The predicted molar refractivity (Wildman–Crippen MR) is 116 cm³/mol. The van der Waals surface area contributed by atoms with Gasteiger partial charge >= 0.3 is 0 Å². The molecule has 0 bridgehead atoms. The van der Waals surface area contributed by atoms with Gasteiger partial charge in [-0.15, -0.1) is 0 Å². The Morgan fingerprint density at radius 3 is 2.48 bits per heavy atom. The molecule has 0 saturated heterocycles. The van der Waals surface area contributed by atoms with Crippen molar-refractivity contribution in [3.63, 3.8) is 0 Å². The van der Waals surface area contributed by atoms with Crippen LogP contribution in [0.15, 0.2) is 46.9 Å². The first-order valence-electron chi connectivity index (χ1n) is 9.24. The standard InChI is InChI=1S/C21H27BrN2O2S/c1-21(2,3)18-8-6-16(7-9-18)14-23-27(25,26)15-24-12-4-5-17-13-19(22)10-11-20(17)24/h6-11,13,23H,4-5,12,14-15H2,1-3H3. The highest BCUT2D eigenvalue weighted by molar-refractivity contribution is 9.10. The monoisotopic (exact) mass is 450 g/mol. The third-order valence-corrected chi connectivity index (χ3v) is 6.63. The number of halogens is 1. The number of rotatable bonds is 5. The van der Waals surface area contributed by atoms with Crippen LogP contribution >= 0.6 is 15.9 Å². The van der Waals surface area contributed by atoms with E-state index >= 15 is 0 Å². The molecule has 0 saturated carbocycles. The molecule has 3 rings (SSSR count). The lowest BCUT2D eigenvalue weighted by atomic mass is 9.87. The zero-order chi connectivity index (χ0) is 19.7. The predicted octanol–water partition coefficient (Wildman–Crippen LogP) is 4.58. The van der Waals surface area contributed by atoms with Gasteiger partial charge in [0.2, 0.25) is 10.0 Å². The average molecular weight is 451 g/mol. The van der Waals surface area contributed by atoms with Crippen molar-refractivity contribution in [2.24, 2.45) is 0 Å². The second-order valence-electron chi connectivity index (χ2n) is 8.15. The Morgan fingerprint density at radius 2 is 1.81 bits per heavy atom. The molecule has 0 fully saturated rings. The summed E-state index contributed by atoms with van der Waals surface area (Å²) in [4.78, 5) is 1.95. The molecule has 0 spiro atoms. The first-order valence-corrected chi connectivity index (χ1v) is 11.7. The number of hydrogen-bond donors (Lipinski definition) is 1. The number of hydrogen-bond acceptors (Lipinski definition) is 3. The molecule has 0 atom stereocenters. The summed E-state index contributed by atoms with van der Waals surface area (Å²) in [6, 6.07) is 14.2. The lowest BCUT2D eigenvalue weighted by molar-refractivity contribution is 0.575. The van der Waals surface area contributed by atoms with Crippen molar-refractivity contribution in [3.8, 4) is 0 Å². The fourth-order valence-corrected chi connectivity index (χ4v) is 4.91. The zero-order valence-electron chi connectivity index (χ0n) is 16.1.